The number of nitro groups is 1. The minimum atomic E-state index is -0.849. The van der Waals surface area contributed by atoms with Crippen LogP contribution in [0.5, 0.6) is 0 Å². The van der Waals surface area contributed by atoms with E-state index < -0.39 is 22.7 Å². The van der Waals surface area contributed by atoms with Gasteiger partial charge in [0.25, 0.3) is 11.6 Å². The van der Waals surface area contributed by atoms with Crippen molar-refractivity contribution in [1.29, 1.82) is 0 Å². The Kier molecular flexibility index (Phi) is 5.68. The van der Waals surface area contributed by atoms with Gasteiger partial charge < -0.3 is 14.9 Å². The molecule has 9 nitrogen and oxygen atoms in total. The highest BCUT2D eigenvalue weighted by Gasteiger charge is 2.28. The van der Waals surface area contributed by atoms with Gasteiger partial charge in [0.2, 0.25) is 5.91 Å². The van der Waals surface area contributed by atoms with E-state index in [1.807, 2.05) is 0 Å². The number of nitro benzene ring substituents is 1. The normalized spacial score (nSPS) is 14.8. The number of hydrogen-bond donors (Lipinski definition) is 1. The summed E-state index contributed by atoms with van der Waals surface area (Å²) in [7, 11) is 1.48. The van der Waals surface area contributed by atoms with Crippen molar-refractivity contribution in [3.8, 4) is 0 Å². The fraction of sp³-hybridized carbons (Fsp3) is 0.438. The smallest absolute Gasteiger partial charge is 0.306 e. The fourth-order valence-electron chi connectivity index (χ4n) is 2.70. The third-order valence-corrected chi connectivity index (χ3v) is 4.24. The van der Waals surface area contributed by atoms with E-state index >= 15 is 0 Å². The zero-order valence-electron chi connectivity index (χ0n) is 13.8. The molecule has 1 aliphatic heterocycles. The average Bonchev–Trinajstić information content (AvgIpc) is 2.61. The molecule has 1 aromatic carbocycles. The predicted molar refractivity (Wildman–Crippen MR) is 87.0 cm³/mol. The molecule has 0 radical (unpaired) electrons. The first-order valence-corrected chi connectivity index (χ1v) is 7.80. The zero-order chi connectivity index (χ0) is 18.6. The van der Waals surface area contributed by atoms with E-state index in [9.17, 15) is 24.5 Å². The van der Waals surface area contributed by atoms with Crippen LogP contribution in [-0.4, -0.2) is 64.3 Å². The number of hydrogen-bond acceptors (Lipinski definition) is 5. The topological polar surface area (TPSA) is 121 Å². The molecule has 0 aromatic heterocycles. The third-order valence-electron chi connectivity index (χ3n) is 4.24. The number of carboxylic acid groups (broad SMARTS) is 1. The Morgan fingerprint density at radius 2 is 1.80 bits per heavy atom. The molecule has 1 aromatic rings. The number of carbonyl (C=O) groups is 3. The summed E-state index contributed by atoms with van der Waals surface area (Å²) < 4.78 is 0. The van der Waals surface area contributed by atoms with Gasteiger partial charge in [-0.2, -0.15) is 0 Å². The van der Waals surface area contributed by atoms with Crippen molar-refractivity contribution in [2.45, 2.75) is 12.8 Å². The number of carboxylic acids is 1. The molecule has 9 heteroatoms. The number of benzene rings is 1. The lowest BCUT2D eigenvalue weighted by molar-refractivity contribution is -0.384. The molecule has 134 valence electrons. The molecule has 0 aliphatic carbocycles. The van der Waals surface area contributed by atoms with Gasteiger partial charge in [0, 0.05) is 37.8 Å². The molecule has 1 fully saturated rings. The monoisotopic (exact) mass is 349 g/mol. The second-order valence-electron chi connectivity index (χ2n) is 5.96. The van der Waals surface area contributed by atoms with E-state index in [1.54, 1.807) is 4.90 Å². The number of carbonyl (C=O) groups excluding carboxylic acids is 2. The largest absolute Gasteiger partial charge is 0.481 e. The Morgan fingerprint density at radius 3 is 2.28 bits per heavy atom. The van der Waals surface area contributed by atoms with Crippen molar-refractivity contribution in [2.75, 3.05) is 26.7 Å². The number of piperidine rings is 1. The highest BCUT2D eigenvalue weighted by molar-refractivity contribution is 5.96. The molecule has 25 heavy (non-hydrogen) atoms. The Morgan fingerprint density at radius 1 is 1.24 bits per heavy atom. The molecular weight excluding hydrogens is 330 g/mol. The van der Waals surface area contributed by atoms with E-state index in [4.69, 9.17) is 5.11 Å². The minimum Gasteiger partial charge on any atom is -0.481 e. The maximum Gasteiger partial charge on any atom is 0.306 e. The summed E-state index contributed by atoms with van der Waals surface area (Å²) in [6.07, 6.45) is 0.808. The summed E-state index contributed by atoms with van der Waals surface area (Å²) in [5.41, 5.74) is 0.141. The summed E-state index contributed by atoms with van der Waals surface area (Å²) in [4.78, 5) is 48.3. The Labute approximate surface area is 144 Å². The van der Waals surface area contributed by atoms with Crippen LogP contribution in [0.4, 0.5) is 5.69 Å². The maximum atomic E-state index is 12.3. The molecular formula is C16H19N3O6. The lowest BCUT2D eigenvalue weighted by Gasteiger charge is -2.31. The van der Waals surface area contributed by atoms with Crippen molar-refractivity contribution in [2.24, 2.45) is 5.92 Å². The molecule has 2 amide bonds. The van der Waals surface area contributed by atoms with Crippen LogP contribution in [-0.2, 0) is 9.59 Å². The van der Waals surface area contributed by atoms with Gasteiger partial charge in [-0.25, -0.2) is 0 Å². The molecule has 0 bridgehead atoms. The van der Waals surface area contributed by atoms with Crippen LogP contribution in [0.1, 0.15) is 23.2 Å². The van der Waals surface area contributed by atoms with Gasteiger partial charge in [-0.05, 0) is 25.0 Å². The number of amides is 2. The lowest BCUT2D eigenvalue weighted by Crippen LogP contribution is -2.45. The first kappa shape index (κ1) is 18.4. The van der Waals surface area contributed by atoms with Gasteiger partial charge in [0.15, 0.2) is 0 Å². The first-order valence-electron chi connectivity index (χ1n) is 7.80. The molecule has 0 atom stereocenters. The van der Waals surface area contributed by atoms with E-state index in [2.05, 4.69) is 0 Å². The van der Waals surface area contributed by atoms with Crippen LogP contribution in [0.3, 0.4) is 0 Å². The van der Waals surface area contributed by atoms with Crippen LogP contribution in [0, 0.1) is 16.0 Å². The number of non-ortho nitro benzene ring substituents is 1. The van der Waals surface area contributed by atoms with E-state index in [0.29, 0.717) is 25.9 Å². The molecule has 0 saturated carbocycles. The van der Waals surface area contributed by atoms with Crippen molar-refractivity contribution in [3.63, 3.8) is 0 Å². The van der Waals surface area contributed by atoms with Crippen LogP contribution < -0.4 is 0 Å². The Hall–Kier alpha value is -2.97. The molecule has 1 heterocycles. The van der Waals surface area contributed by atoms with Crippen molar-refractivity contribution in [3.05, 3.63) is 39.9 Å². The summed E-state index contributed by atoms with van der Waals surface area (Å²) in [6, 6.07) is 5.17. The van der Waals surface area contributed by atoms with Crippen molar-refractivity contribution >= 4 is 23.5 Å². The van der Waals surface area contributed by atoms with E-state index in [0.717, 1.165) is 0 Å². The van der Waals surface area contributed by atoms with E-state index in [-0.39, 0.29) is 23.7 Å². The van der Waals surface area contributed by atoms with Crippen LogP contribution in [0.15, 0.2) is 24.3 Å². The molecule has 0 spiro atoms. The number of likely N-dealkylation sites (tertiary alicyclic amines) is 1. The van der Waals surface area contributed by atoms with Crippen molar-refractivity contribution < 1.29 is 24.4 Å². The van der Waals surface area contributed by atoms with Gasteiger partial charge >= 0.3 is 5.97 Å². The van der Waals surface area contributed by atoms with Gasteiger partial charge in [-0.15, -0.1) is 0 Å². The molecule has 1 N–H and O–H groups in total. The number of rotatable bonds is 5. The predicted octanol–water partition coefficient (Wildman–Crippen LogP) is 0.990. The summed E-state index contributed by atoms with van der Waals surface area (Å²) in [6.45, 7) is 0.582. The van der Waals surface area contributed by atoms with Crippen molar-refractivity contribution in [1.82, 2.24) is 9.80 Å². The fourth-order valence-corrected chi connectivity index (χ4v) is 2.70. The second kappa shape index (κ2) is 7.73. The quantitative estimate of drug-likeness (QED) is 0.625. The first-order chi connectivity index (χ1) is 11.8. The highest BCUT2D eigenvalue weighted by atomic mass is 16.6. The van der Waals surface area contributed by atoms with Gasteiger partial charge in [-0.1, -0.05) is 0 Å². The van der Waals surface area contributed by atoms with Crippen LogP contribution >= 0.6 is 0 Å². The molecule has 1 aliphatic rings. The number of likely N-dealkylation sites (N-methyl/N-ethyl adjacent to an activating group) is 1. The van der Waals surface area contributed by atoms with Crippen LogP contribution in [0.25, 0.3) is 0 Å². The molecule has 1 saturated heterocycles. The number of nitrogens with zero attached hydrogens (tertiary/aromatic N) is 3. The zero-order valence-corrected chi connectivity index (χ0v) is 13.8. The maximum absolute atomic E-state index is 12.3. The summed E-state index contributed by atoms with van der Waals surface area (Å²) >= 11 is 0. The van der Waals surface area contributed by atoms with Gasteiger partial charge in [0.1, 0.15) is 0 Å². The number of aliphatic carboxylic acids is 1. The summed E-state index contributed by atoms with van der Waals surface area (Å²) in [5, 5.41) is 19.6. The van der Waals surface area contributed by atoms with Crippen LogP contribution in [0.2, 0.25) is 0 Å². The molecule has 2 rings (SSSR count). The van der Waals surface area contributed by atoms with Gasteiger partial charge in [-0.3, -0.25) is 24.5 Å². The SMILES string of the molecule is CN(CC(=O)N1CCC(C(=O)O)CC1)C(=O)c1ccc([N+](=O)[O-])cc1. The molecule has 0 unspecified atom stereocenters. The second-order valence-corrected chi connectivity index (χ2v) is 5.96. The average molecular weight is 349 g/mol. The Balaban J connectivity index is 1.91. The standard InChI is InChI=1S/C16H19N3O6/c1-17(15(21)11-2-4-13(5-3-11)19(24)25)10-14(20)18-8-6-12(7-9-18)16(22)23/h2-5,12H,6-10H2,1H3,(H,22,23). The van der Waals surface area contributed by atoms with E-state index in [1.165, 1.54) is 36.2 Å². The minimum absolute atomic E-state index is 0.114. The van der Waals surface area contributed by atoms with Gasteiger partial charge in [0.05, 0.1) is 17.4 Å². The highest BCUT2D eigenvalue weighted by Crippen LogP contribution is 2.18. The lowest BCUT2D eigenvalue weighted by atomic mass is 9.97. The summed E-state index contributed by atoms with van der Waals surface area (Å²) in [5.74, 6) is -1.94. The Bertz CT molecular complexity index is 680. The third kappa shape index (κ3) is 4.52.